The molecule has 4 aromatic rings. The molecule has 0 aromatic carbocycles. The Morgan fingerprint density at radius 1 is 0.625 bits per heavy atom. The standard InChI is InChI=1S/C15H21ClN4O2.C13H17ClN4O.C10H13ClN4.C6H11N.C5H4Cl2N2/c1-10-17-11(16)5-12(18-10)19-6-15(7-19)8-20(9-15)13(21)22-14(2,3)4;1-9-15-11(14)2-12(16-9)18-7-13(8-18)5-17(6-13)10-3-19-4-10;1-7-13-8(11)2-9(14-7)15-5-10(6-15)3-12-4-10;1-2-6(3-1)4-7-5-6;1-3-8-4(6)2-5(7)9-3/h5H,6-9H2,1-4H3;2,10H,3-8H2,1H3;2-3H,4-6,12H2,1H3;7H,1-5H2;2H,1H3. The molecule has 0 radical (unpaired) electrons. The van der Waals surface area contributed by atoms with E-state index in [1.54, 1.807) is 17.9 Å². The molecule has 9 aliphatic rings. The topological polar surface area (TPSA) is 183 Å². The lowest BCUT2D eigenvalue weighted by molar-refractivity contribution is -0.699. The number of nitrogens with zero attached hydrogens (tertiary/aromatic N) is 13. The van der Waals surface area contributed by atoms with Crippen molar-refractivity contribution in [2.75, 3.05) is 113 Å². The first-order valence-corrected chi connectivity index (χ1v) is 26.6. The summed E-state index contributed by atoms with van der Waals surface area (Å²) in [5.74, 6) is 5.53. The minimum absolute atomic E-state index is 0.183. The van der Waals surface area contributed by atoms with Crippen LogP contribution in [-0.2, 0) is 9.47 Å². The highest BCUT2D eigenvalue weighted by Gasteiger charge is 2.55. The Hall–Kier alpha value is -3.72. The smallest absolute Gasteiger partial charge is 0.410 e. The molecule has 0 atom stereocenters. The number of rotatable bonds is 4. The highest BCUT2D eigenvalue weighted by Crippen LogP contribution is 2.45. The molecule has 72 heavy (non-hydrogen) atoms. The predicted molar refractivity (Wildman–Crippen MR) is 280 cm³/mol. The van der Waals surface area contributed by atoms with Crippen molar-refractivity contribution < 1.29 is 19.6 Å². The van der Waals surface area contributed by atoms with E-state index in [1.165, 1.54) is 58.1 Å². The van der Waals surface area contributed by atoms with Gasteiger partial charge >= 0.3 is 6.09 Å². The molecule has 23 heteroatoms. The van der Waals surface area contributed by atoms with Crippen LogP contribution < -0.4 is 25.3 Å². The summed E-state index contributed by atoms with van der Waals surface area (Å²) in [6.45, 7) is 30.9. The molecule has 390 valence electrons. The number of likely N-dealkylation sites (tertiary alicyclic amines) is 2. The molecule has 0 bridgehead atoms. The zero-order valence-electron chi connectivity index (χ0n) is 42.2. The molecule has 8 aliphatic heterocycles. The quantitative estimate of drug-likeness (QED) is 0.172. The molecular formula is C49H66Cl5N15O3. The molecule has 12 heterocycles. The summed E-state index contributed by atoms with van der Waals surface area (Å²) in [5, 5.41) is 7.83. The highest BCUT2D eigenvalue weighted by molar-refractivity contribution is 6.33. The second-order valence-corrected chi connectivity index (χ2v) is 24.2. The van der Waals surface area contributed by atoms with Gasteiger partial charge in [0.15, 0.2) is 0 Å². The third kappa shape index (κ3) is 12.7. The van der Waals surface area contributed by atoms with Gasteiger partial charge in [-0.2, -0.15) is 0 Å². The highest BCUT2D eigenvalue weighted by atomic mass is 35.5. The first-order chi connectivity index (χ1) is 34.1. The number of ether oxygens (including phenoxy) is 2. The van der Waals surface area contributed by atoms with Crippen LogP contribution in [0, 0.1) is 55.9 Å². The Kier molecular flexibility index (Phi) is 15.6. The maximum Gasteiger partial charge on any atom is 0.410 e. The Bertz CT molecular complexity index is 2450. The van der Waals surface area contributed by atoms with Crippen LogP contribution in [-0.4, -0.2) is 166 Å². The normalized spacial score (nSPS) is 22.1. The number of hydrogen-bond acceptors (Lipinski definition) is 16. The van der Waals surface area contributed by atoms with Gasteiger partial charge in [0.2, 0.25) is 0 Å². The van der Waals surface area contributed by atoms with Crippen LogP contribution in [0.5, 0.6) is 0 Å². The van der Waals surface area contributed by atoms with Crippen LogP contribution >= 0.6 is 58.0 Å². The molecule has 4 aromatic heterocycles. The fourth-order valence-electron chi connectivity index (χ4n) is 10.6. The van der Waals surface area contributed by atoms with Crippen molar-refractivity contribution >= 4 is 81.6 Å². The van der Waals surface area contributed by atoms with Crippen molar-refractivity contribution in [3.8, 4) is 0 Å². The Labute approximate surface area is 447 Å². The predicted octanol–water partition coefficient (Wildman–Crippen LogP) is 6.29. The van der Waals surface area contributed by atoms with Gasteiger partial charge in [0.25, 0.3) is 0 Å². The minimum atomic E-state index is -0.444. The number of carbonyl (C=O) groups excluding carboxylic acids is 1. The summed E-state index contributed by atoms with van der Waals surface area (Å²) < 4.78 is 10.6. The van der Waals surface area contributed by atoms with E-state index in [-0.39, 0.29) is 11.5 Å². The van der Waals surface area contributed by atoms with E-state index in [9.17, 15) is 4.79 Å². The van der Waals surface area contributed by atoms with Gasteiger partial charge in [0.1, 0.15) is 72.1 Å². The molecule has 8 saturated heterocycles. The minimum Gasteiger partial charge on any atom is -0.477 e. The summed E-state index contributed by atoms with van der Waals surface area (Å²) in [7, 11) is 0. The molecular weight excluding hydrogens is 1020 g/mol. The summed E-state index contributed by atoms with van der Waals surface area (Å²) >= 11 is 28.9. The fraction of sp³-hybridized carbons (Fsp3) is 0.633. The number of halogens is 5. The maximum absolute atomic E-state index is 12.0. The van der Waals surface area contributed by atoms with Gasteiger partial charge in [-0.25, -0.2) is 44.7 Å². The number of anilines is 3. The molecule has 4 spiro atoms. The van der Waals surface area contributed by atoms with E-state index in [0.29, 0.717) is 54.3 Å². The van der Waals surface area contributed by atoms with Crippen molar-refractivity contribution in [3.63, 3.8) is 0 Å². The summed E-state index contributed by atoms with van der Waals surface area (Å²) in [6, 6.07) is 7.65. The zero-order chi connectivity index (χ0) is 51.2. The molecule has 1 amide bonds. The second-order valence-electron chi connectivity index (χ2n) is 22.3. The molecule has 9 fully saturated rings. The third-order valence-electron chi connectivity index (χ3n) is 14.6. The van der Waals surface area contributed by atoms with Gasteiger partial charge in [-0.1, -0.05) is 64.4 Å². The number of quaternary nitrogens is 1. The first-order valence-electron chi connectivity index (χ1n) is 24.7. The first kappa shape index (κ1) is 53.1. The molecule has 3 N–H and O–H groups in total. The van der Waals surface area contributed by atoms with Gasteiger partial charge in [-0.15, -0.1) is 6.54 Å². The van der Waals surface area contributed by atoms with Crippen molar-refractivity contribution in [3.05, 3.63) is 79.9 Å². The van der Waals surface area contributed by atoms with Crippen LogP contribution in [0.15, 0.2) is 24.3 Å². The Morgan fingerprint density at radius 3 is 1.32 bits per heavy atom. The molecule has 0 unspecified atom stereocenters. The van der Waals surface area contributed by atoms with E-state index in [4.69, 9.17) is 67.5 Å². The van der Waals surface area contributed by atoms with Gasteiger partial charge in [0, 0.05) is 120 Å². The number of amides is 1. The largest absolute Gasteiger partial charge is 0.477 e. The molecule has 18 nitrogen and oxygen atoms in total. The number of aryl methyl sites for hydroxylation is 4. The lowest BCUT2D eigenvalue weighted by Gasteiger charge is -2.63. The van der Waals surface area contributed by atoms with E-state index < -0.39 is 5.60 Å². The van der Waals surface area contributed by atoms with E-state index >= 15 is 0 Å². The molecule has 13 rings (SSSR count). The monoisotopic (exact) mass is 1090 g/mol. The summed E-state index contributed by atoms with van der Waals surface area (Å²) in [5.41, 5.74) is 1.51. The van der Waals surface area contributed by atoms with E-state index in [1.807, 2.05) is 53.7 Å². The van der Waals surface area contributed by atoms with Gasteiger partial charge < -0.3 is 39.7 Å². The number of nitrogens with two attached hydrogens (primary N) is 1. The van der Waals surface area contributed by atoms with E-state index in [2.05, 4.69) is 76.6 Å². The van der Waals surface area contributed by atoms with E-state index in [0.717, 1.165) is 100 Å². The zero-order valence-corrected chi connectivity index (χ0v) is 46.0. The summed E-state index contributed by atoms with van der Waals surface area (Å²) in [6.07, 6.45) is 4.26. The van der Waals surface area contributed by atoms with Gasteiger partial charge in [-0.05, 0) is 72.1 Å². The van der Waals surface area contributed by atoms with Crippen LogP contribution in [0.3, 0.4) is 0 Å². The SMILES string of the molecule is C1CC2(C1)CNC2.Cc1nc(Cl)cc(Cl)n1.Cc1nc(Cl)cc(N2CC3(C2)CN(C2COC2)C3)n1.Cc1nc(Cl)cc(N2CC3(CN(C(=O)OC(C)(C)C)C3)C2)n1.Cc1nc(Cl)cc(N2CC3([CH-][NH2+]C3)C2)n1. The average Bonchev–Trinajstić information content (AvgIpc) is 3.09. The Morgan fingerprint density at radius 2 is 1.03 bits per heavy atom. The molecule has 1 aliphatic carbocycles. The third-order valence-corrected chi connectivity index (χ3v) is 15.5. The van der Waals surface area contributed by atoms with Crippen LogP contribution in [0.1, 0.15) is 63.3 Å². The van der Waals surface area contributed by atoms with Crippen molar-refractivity contribution in [2.45, 2.75) is 79.4 Å². The fourth-order valence-corrected chi connectivity index (χ4v) is 11.7. The van der Waals surface area contributed by atoms with Crippen LogP contribution in [0.25, 0.3) is 0 Å². The van der Waals surface area contributed by atoms with Crippen LogP contribution in [0.2, 0.25) is 25.8 Å². The second kappa shape index (κ2) is 21.1. The number of carbonyl (C=O) groups is 1. The van der Waals surface area contributed by atoms with Crippen LogP contribution in [0.4, 0.5) is 22.2 Å². The van der Waals surface area contributed by atoms with Gasteiger partial charge in [-0.3, -0.25) is 4.90 Å². The number of nitrogens with one attached hydrogen (secondary N) is 1. The van der Waals surface area contributed by atoms with Gasteiger partial charge in [0.05, 0.1) is 19.3 Å². The van der Waals surface area contributed by atoms with Crippen molar-refractivity contribution in [2.24, 2.45) is 21.7 Å². The molecule has 1 saturated carbocycles. The number of aromatic nitrogens is 8. The average molecular weight is 1090 g/mol. The lowest BCUT2D eigenvalue weighted by atomic mass is 9.65. The van der Waals surface area contributed by atoms with Crippen molar-refractivity contribution in [1.82, 2.24) is 55.0 Å². The number of hydrogen-bond donors (Lipinski definition) is 2. The lowest BCUT2D eigenvalue weighted by Crippen LogP contribution is -3.00. The Balaban J connectivity index is 0.000000117. The maximum atomic E-state index is 12.0. The van der Waals surface area contributed by atoms with Crippen molar-refractivity contribution in [1.29, 1.82) is 0 Å². The summed E-state index contributed by atoms with van der Waals surface area (Å²) in [4.78, 5) is 56.1.